The quantitative estimate of drug-likeness (QED) is 0.840. The average molecular weight is 297 g/mol. The molecule has 0 atom stereocenters. The predicted octanol–water partition coefficient (Wildman–Crippen LogP) is 1.92. The highest BCUT2D eigenvalue weighted by molar-refractivity contribution is 7.89. The van der Waals surface area contributed by atoms with Gasteiger partial charge in [-0.25, -0.2) is 13.1 Å². The molecule has 1 saturated carbocycles. The first-order valence-electron chi connectivity index (χ1n) is 6.61. The Morgan fingerprint density at radius 1 is 1.30 bits per heavy atom. The van der Waals surface area contributed by atoms with Crippen LogP contribution in [0.25, 0.3) is 0 Å². The summed E-state index contributed by atoms with van der Waals surface area (Å²) in [5, 5.41) is 8.91. The third kappa shape index (κ3) is 3.37. The lowest BCUT2D eigenvalue weighted by atomic mass is 9.67. The molecule has 0 radical (unpaired) electrons. The van der Waals surface area contributed by atoms with Gasteiger partial charge in [-0.15, -0.1) is 0 Å². The van der Waals surface area contributed by atoms with Gasteiger partial charge in [0, 0.05) is 6.54 Å². The number of carboxylic acid groups (broad SMARTS) is 1. The normalized spacial score (nSPS) is 17.4. The second-order valence-corrected chi connectivity index (χ2v) is 7.33. The first kappa shape index (κ1) is 15.0. The van der Waals surface area contributed by atoms with Crippen LogP contribution in [0.3, 0.4) is 0 Å². The molecule has 0 spiro atoms. The summed E-state index contributed by atoms with van der Waals surface area (Å²) in [5.74, 6) is -0.876. The number of carboxylic acids is 1. The van der Waals surface area contributed by atoms with E-state index < -0.39 is 21.4 Å². The second kappa shape index (κ2) is 5.54. The van der Waals surface area contributed by atoms with Gasteiger partial charge < -0.3 is 5.11 Å². The van der Waals surface area contributed by atoms with Crippen LogP contribution in [-0.4, -0.2) is 26.0 Å². The van der Waals surface area contributed by atoms with E-state index in [4.69, 9.17) is 5.11 Å². The number of benzene rings is 1. The fraction of sp³-hybridized carbons (Fsp3) is 0.500. The third-order valence-corrected chi connectivity index (χ3v) is 5.33. The zero-order valence-corrected chi connectivity index (χ0v) is 12.2. The van der Waals surface area contributed by atoms with E-state index in [1.54, 1.807) is 24.3 Å². The zero-order chi connectivity index (χ0) is 14.8. The molecule has 2 N–H and O–H groups in total. The summed E-state index contributed by atoms with van der Waals surface area (Å²) in [6.07, 6.45) is 2.49. The minimum absolute atomic E-state index is 0.0173. The maximum atomic E-state index is 12.2. The van der Waals surface area contributed by atoms with Crippen LogP contribution < -0.4 is 4.72 Å². The molecule has 0 aliphatic heterocycles. The van der Waals surface area contributed by atoms with Crippen molar-refractivity contribution in [3.8, 4) is 0 Å². The largest absolute Gasteiger partial charge is 0.481 e. The molecule has 0 unspecified atom stereocenters. The van der Waals surface area contributed by atoms with Crippen LogP contribution >= 0.6 is 0 Å². The lowest BCUT2D eigenvalue weighted by Crippen LogP contribution is -2.43. The van der Waals surface area contributed by atoms with Gasteiger partial charge >= 0.3 is 5.97 Å². The Hall–Kier alpha value is -1.40. The van der Waals surface area contributed by atoms with Crippen molar-refractivity contribution in [3.63, 3.8) is 0 Å². The fourth-order valence-electron chi connectivity index (χ4n) is 2.46. The smallest absolute Gasteiger partial charge is 0.303 e. The summed E-state index contributed by atoms with van der Waals surface area (Å²) in [7, 11) is -3.57. The summed E-state index contributed by atoms with van der Waals surface area (Å²) in [6, 6.07) is 6.60. The number of sulfonamides is 1. The van der Waals surface area contributed by atoms with Crippen molar-refractivity contribution >= 4 is 16.0 Å². The van der Waals surface area contributed by atoms with Crippen molar-refractivity contribution in [1.82, 2.24) is 4.72 Å². The molecule has 1 fully saturated rings. The highest BCUT2D eigenvalue weighted by Gasteiger charge is 2.39. The monoisotopic (exact) mass is 297 g/mol. The lowest BCUT2D eigenvalue weighted by Gasteiger charge is -2.40. The van der Waals surface area contributed by atoms with Crippen LogP contribution in [0.15, 0.2) is 29.2 Å². The van der Waals surface area contributed by atoms with Crippen molar-refractivity contribution in [3.05, 3.63) is 29.8 Å². The summed E-state index contributed by atoms with van der Waals surface area (Å²) in [5.41, 5.74) is 0.578. The van der Waals surface area contributed by atoms with Gasteiger partial charge in [0.15, 0.2) is 0 Å². The Labute approximate surface area is 119 Å². The maximum Gasteiger partial charge on any atom is 0.303 e. The van der Waals surface area contributed by atoms with Crippen LogP contribution in [0, 0.1) is 12.3 Å². The van der Waals surface area contributed by atoms with Crippen LogP contribution in [0.5, 0.6) is 0 Å². The molecule has 1 aromatic carbocycles. The zero-order valence-electron chi connectivity index (χ0n) is 11.4. The average Bonchev–Trinajstić information content (AvgIpc) is 2.32. The van der Waals surface area contributed by atoms with Crippen molar-refractivity contribution in [2.24, 2.45) is 5.41 Å². The number of nitrogens with one attached hydrogen (secondary N) is 1. The number of hydrogen-bond donors (Lipinski definition) is 2. The highest BCUT2D eigenvalue weighted by Crippen LogP contribution is 2.43. The third-order valence-electron chi connectivity index (χ3n) is 3.91. The molecule has 0 heterocycles. The Bertz CT molecular complexity index is 588. The molecule has 0 saturated heterocycles. The molecule has 2 rings (SSSR count). The van der Waals surface area contributed by atoms with Crippen LogP contribution in [-0.2, 0) is 14.8 Å². The molecule has 1 aromatic rings. The first-order chi connectivity index (χ1) is 9.33. The van der Waals surface area contributed by atoms with Gasteiger partial charge in [-0.05, 0) is 37.3 Å². The van der Waals surface area contributed by atoms with Crippen molar-refractivity contribution in [2.45, 2.75) is 37.5 Å². The van der Waals surface area contributed by atoms with Gasteiger partial charge in [-0.1, -0.05) is 24.1 Å². The van der Waals surface area contributed by atoms with E-state index in [2.05, 4.69) is 4.72 Å². The van der Waals surface area contributed by atoms with E-state index in [-0.39, 0.29) is 17.9 Å². The molecule has 0 amide bonds. The van der Waals surface area contributed by atoms with Crippen LogP contribution in [0.1, 0.15) is 31.2 Å². The van der Waals surface area contributed by atoms with E-state index in [1.165, 1.54) is 0 Å². The number of hydrogen-bond acceptors (Lipinski definition) is 3. The first-order valence-corrected chi connectivity index (χ1v) is 8.10. The van der Waals surface area contributed by atoms with Gasteiger partial charge in [0.25, 0.3) is 0 Å². The number of carbonyl (C=O) groups is 1. The summed E-state index contributed by atoms with van der Waals surface area (Å²) in [4.78, 5) is 11.1. The second-order valence-electron chi connectivity index (χ2n) is 5.56. The molecule has 5 nitrogen and oxygen atoms in total. The Balaban J connectivity index is 2.05. The van der Waals surface area contributed by atoms with Gasteiger partial charge in [0.1, 0.15) is 0 Å². The van der Waals surface area contributed by atoms with E-state index in [0.29, 0.717) is 0 Å². The van der Waals surface area contributed by atoms with E-state index in [0.717, 1.165) is 24.8 Å². The van der Waals surface area contributed by atoms with Gasteiger partial charge in [-0.3, -0.25) is 4.79 Å². The SMILES string of the molecule is Cc1ccc(S(=O)(=O)NCC2(CC(=O)O)CCC2)cc1. The summed E-state index contributed by atoms with van der Waals surface area (Å²) < 4.78 is 26.9. The maximum absolute atomic E-state index is 12.2. The van der Waals surface area contributed by atoms with E-state index in [1.807, 2.05) is 6.92 Å². The Kier molecular flexibility index (Phi) is 4.15. The number of aliphatic carboxylic acids is 1. The van der Waals surface area contributed by atoms with Gasteiger partial charge in [-0.2, -0.15) is 0 Å². The lowest BCUT2D eigenvalue weighted by molar-refractivity contribution is -0.141. The topological polar surface area (TPSA) is 83.5 Å². The predicted molar refractivity (Wildman–Crippen MR) is 74.9 cm³/mol. The van der Waals surface area contributed by atoms with Crippen molar-refractivity contribution in [1.29, 1.82) is 0 Å². The van der Waals surface area contributed by atoms with Crippen molar-refractivity contribution < 1.29 is 18.3 Å². The molecule has 1 aliphatic carbocycles. The highest BCUT2D eigenvalue weighted by atomic mass is 32.2. The molecule has 20 heavy (non-hydrogen) atoms. The standard InChI is InChI=1S/C14H19NO4S/c1-11-3-5-12(6-4-11)20(18,19)15-10-14(7-2-8-14)9-13(16)17/h3-6,15H,2,7-10H2,1H3,(H,16,17). The molecular weight excluding hydrogens is 278 g/mol. The molecule has 110 valence electrons. The van der Waals surface area contributed by atoms with Crippen LogP contribution in [0.2, 0.25) is 0 Å². The molecule has 6 heteroatoms. The van der Waals surface area contributed by atoms with E-state index in [9.17, 15) is 13.2 Å². The minimum Gasteiger partial charge on any atom is -0.481 e. The Morgan fingerprint density at radius 2 is 1.90 bits per heavy atom. The fourth-order valence-corrected chi connectivity index (χ4v) is 3.62. The van der Waals surface area contributed by atoms with Gasteiger partial charge in [0.05, 0.1) is 11.3 Å². The number of rotatable bonds is 6. The van der Waals surface area contributed by atoms with Gasteiger partial charge in [0.2, 0.25) is 10.0 Å². The summed E-state index contributed by atoms with van der Waals surface area (Å²) in [6.45, 7) is 2.08. The van der Waals surface area contributed by atoms with Crippen molar-refractivity contribution in [2.75, 3.05) is 6.54 Å². The van der Waals surface area contributed by atoms with E-state index >= 15 is 0 Å². The molecular formula is C14H19NO4S. The minimum atomic E-state index is -3.57. The molecule has 0 bridgehead atoms. The number of aryl methyl sites for hydroxylation is 1. The molecule has 0 aromatic heterocycles. The summed E-state index contributed by atoms with van der Waals surface area (Å²) >= 11 is 0. The molecule has 1 aliphatic rings. The van der Waals surface area contributed by atoms with Crippen LogP contribution in [0.4, 0.5) is 0 Å². The Morgan fingerprint density at radius 3 is 2.35 bits per heavy atom.